The highest BCUT2D eigenvalue weighted by molar-refractivity contribution is 9.10. The summed E-state index contributed by atoms with van der Waals surface area (Å²) in [5.74, 6) is 0.0928. The fourth-order valence-corrected chi connectivity index (χ4v) is 2.66. The molecule has 1 heterocycles. The van der Waals surface area contributed by atoms with Crippen LogP contribution in [0.15, 0.2) is 28.7 Å². The Morgan fingerprint density at radius 2 is 2.24 bits per heavy atom. The predicted molar refractivity (Wildman–Crippen MR) is 70.2 cm³/mol. The Hall–Kier alpha value is -0.710. The molecule has 0 saturated carbocycles. The Balaban J connectivity index is 2.01. The molecule has 0 bridgehead atoms. The number of carbonyl (C=O) groups is 1. The summed E-state index contributed by atoms with van der Waals surface area (Å²) in [5.41, 5.74) is 0.0628. The lowest BCUT2D eigenvalue weighted by atomic mass is 10.1. The molecule has 1 fully saturated rings. The van der Waals surface area contributed by atoms with Crippen molar-refractivity contribution in [1.29, 1.82) is 0 Å². The molecule has 1 N–H and O–H groups in total. The molecule has 0 aliphatic carbocycles. The van der Waals surface area contributed by atoms with Crippen LogP contribution in [0.5, 0.6) is 0 Å². The number of likely N-dealkylation sites (tertiary alicyclic amines) is 1. The number of rotatable bonds is 3. The van der Waals surface area contributed by atoms with Crippen LogP contribution in [-0.4, -0.2) is 41.0 Å². The third kappa shape index (κ3) is 3.15. The largest absolute Gasteiger partial charge is 0.389 e. The molecule has 92 valence electrons. The quantitative estimate of drug-likeness (QED) is 0.869. The van der Waals surface area contributed by atoms with Crippen LogP contribution in [0.25, 0.3) is 0 Å². The van der Waals surface area contributed by atoms with Crippen molar-refractivity contribution in [3.05, 3.63) is 34.3 Å². The molecule has 0 radical (unpaired) electrons. The molecule has 4 heteroatoms. The van der Waals surface area contributed by atoms with Crippen LogP contribution in [0.1, 0.15) is 23.7 Å². The van der Waals surface area contributed by atoms with Crippen molar-refractivity contribution in [2.75, 3.05) is 19.6 Å². The summed E-state index contributed by atoms with van der Waals surface area (Å²) < 4.78 is 0.830. The standard InChI is InChI=1S/C13H16BrNO2/c1-13(17)6-7-15(9-13)8-12(16)10-4-2-3-5-11(10)14/h2-5,17H,6-9H2,1H3. The van der Waals surface area contributed by atoms with E-state index in [2.05, 4.69) is 15.9 Å². The predicted octanol–water partition coefficient (Wildman–Crippen LogP) is 2.09. The topological polar surface area (TPSA) is 40.5 Å². The zero-order valence-corrected chi connectivity index (χ0v) is 11.4. The molecule has 0 spiro atoms. The van der Waals surface area contributed by atoms with Gasteiger partial charge in [-0.3, -0.25) is 9.69 Å². The zero-order valence-electron chi connectivity index (χ0n) is 9.82. The summed E-state index contributed by atoms with van der Waals surface area (Å²) in [4.78, 5) is 14.1. The van der Waals surface area contributed by atoms with Crippen LogP contribution in [0.4, 0.5) is 0 Å². The number of aliphatic hydroxyl groups is 1. The fraction of sp³-hybridized carbons (Fsp3) is 0.462. The minimum Gasteiger partial charge on any atom is -0.389 e. The van der Waals surface area contributed by atoms with Crippen LogP contribution >= 0.6 is 15.9 Å². The van der Waals surface area contributed by atoms with E-state index < -0.39 is 5.60 Å². The minimum absolute atomic E-state index is 0.0928. The van der Waals surface area contributed by atoms with Crippen LogP contribution in [0.3, 0.4) is 0 Å². The lowest BCUT2D eigenvalue weighted by molar-refractivity contribution is 0.0669. The van der Waals surface area contributed by atoms with Crippen molar-refractivity contribution in [2.45, 2.75) is 18.9 Å². The van der Waals surface area contributed by atoms with Crippen molar-refractivity contribution in [3.8, 4) is 0 Å². The maximum Gasteiger partial charge on any atom is 0.177 e. The van der Waals surface area contributed by atoms with E-state index >= 15 is 0 Å². The van der Waals surface area contributed by atoms with Gasteiger partial charge in [0.15, 0.2) is 5.78 Å². The van der Waals surface area contributed by atoms with Gasteiger partial charge in [0.2, 0.25) is 0 Å². The monoisotopic (exact) mass is 297 g/mol. The van der Waals surface area contributed by atoms with E-state index in [0.29, 0.717) is 18.7 Å². The smallest absolute Gasteiger partial charge is 0.177 e. The third-order valence-corrected chi connectivity index (χ3v) is 3.76. The van der Waals surface area contributed by atoms with Gasteiger partial charge >= 0.3 is 0 Å². The maximum absolute atomic E-state index is 12.1. The summed E-state index contributed by atoms with van der Waals surface area (Å²) in [5, 5.41) is 9.84. The van der Waals surface area contributed by atoms with Gasteiger partial charge < -0.3 is 5.11 Å². The summed E-state index contributed by atoms with van der Waals surface area (Å²) in [7, 11) is 0. The Kier molecular flexibility index (Phi) is 3.66. The van der Waals surface area contributed by atoms with E-state index in [1.165, 1.54) is 0 Å². The number of hydrogen-bond donors (Lipinski definition) is 1. The first-order chi connectivity index (χ1) is 7.98. The second-order valence-electron chi connectivity index (χ2n) is 4.86. The number of benzene rings is 1. The van der Waals surface area contributed by atoms with Gasteiger partial charge in [-0.2, -0.15) is 0 Å². The van der Waals surface area contributed by atoms with Gasteiger partial charge in [0.25, 0.3) is 0 Å². The van der Waals surface area contributed by atoms with Gasteiger partial charge in [-0.25, -0.2) is 0 Å². The van der Waals surface area contributed by atoms with Crippen LogP contribution in [0.2, 0.25) is 0 Å². The van der Waals surface area contributed by atoms with Crippen LogP contribution in [0, 0.1) is 0 Å². The second kappa shape index (κ2) is 4.88. The SMILES string of the molecule is CC1(O)CCN(CC(=O)c2ccccc2Br)C1. The van der Waals surface area contributed by atoms with Crippen LogP contribution in [-0.2, 0) is 0 Å². The van der Waals surface area contributed by atoms with Crippen molar-refractivity contribution in [2.24, 2.45) is 0 Å². The first-order valence-electron chi connectivity index (χ1n) is 5.70. The molecule has 1 aliphatic rings. The zero-order chi connectivity index (χ0) is 12.5. The normalized spacial score (nSPS) is 25.1. The van der Waals surface area contributed by atoms with E-state index in [1.807, 2.05) is 36.1 Å². The van der Waals surface area contributed by atoms with E-state index in [0.717, 1.165) is 17.4 Å². The Morgan fingerprint density at radius 3 is 2.82 bits per heavy atom. The second-order valence-corrected chi connectivity index (χ2v) is 5.71. The van der Waals surface area contributed by atoms with Gasteiger partial charge in [0.1, 0.15) is 0 Å². The van der Waals surface area contributed by atoms with Crippen molar-refractivity contribution in [3.63, 3.8) is 0 Å². The number of Topliss-reactive ketones (excluding diaryl/α,β-unsaturated/α-hetero) is 1. The number of nitrogens with zero attached hydrogens (tertiary/aromatic N) is 1. The van der Waals surface area contributed by atoms with Gasteiger partial charge in [0, 0.05) is 23.1 Å². The van der Waals surface area contributed by atoms with Gasteiger partial charge in [-0.05, 0) is 19.4 Å². The number of ketones is 1. The molecular formula is C13H16BrNO2. The fourth-order valence-electron chi connectivity index (χ4n) is 2.15. The van der Waals surface area contributed by atoms with E-state index in [9.17, 15) is 9.90 Å². The first-order valence-corrected chi connectivity index (χ1v) is 6.50. The maximum atomic E-state index is 12.1. The Morgan fingerprint density at radius 1 is 1.53 bits per heavy atom. The molecule has 1 aliphatic heterocycles. The first kappa shape index (κ1) is 12.7. The number of β-amino-alcohol motifs (C(OH)–C–C–N with tert-alkyl or cyclic N) is 1. The lowest BCUT2D eigenvalue weighted by Gasteiger charge is -2.18. The average Bonchev–Trinajstić information content (AvgIpc) is 2.58. The van der Waals surface area contributed by atoms with Crippen LogP contribution < -0.4 is 0 Å². The molecule has 2 rings (SSSR count). The van der Waals surface area contributed by atoms with Gasteiger partial charge in [-0.1, -0.05) is 34.1 Å². The summed E-state index contributed by atoms with van der Waals surface area (Å²) >= 11 is 3.38. The molecule has 1 atom stereocenters. The minimum atomic E-state index is -0.645. The lowest BCUT2D eigenvalue weighted by Crippen LogP contribution is -2.33. The Bertz CT molecular complexity index is 431. The van der Waals surface area contributed by atoms with Crippen molar-refractivity contribution < 1.29 is 9.90 Å². The molecule has 1 unspecified atom stereocenters. The molecule has 0 aromatic heterocycles. The van der Waals surface area contributed by atoms with Gasteiger partial charge in [-0.15, -0.1) is 0 Å². The highest BCUT2D eigenvalue weighted by Gasteiger charge is 2.32. The number of hydrogen-bond acceptors (Lipinski definition) is 3. The summed E-state index contributed by atoms with van der Waals surface area (Å²) in [6, 6.07) is 7.44. The van der Waals surface area contributed by atoms with Gasteiger partial charge in [0.05, 0.1) is 12.1 Å². The highest BCUT2D eigenvalue weighted by Crippen LogP contribution is 2.22. The van der Waals surface area contributed by atoms with Crippen molar-refractivity contribution >= 4 is 21.7 Å². The highest BCUT2D eigenvalue weighted by atomic mass is 79.9. The number of carbonyl (C=O) groups excluding carboxylic acids is 1. The molecular weight excluding hydrogens is 282 g/mol. The molecule has 17 heavy (non-hydrogen) atoms. The third-order valence-electron chi connectivity index (χ3n) is 3.07. The molecule has 0 amide bonds. The molecule has 1 saturated heterocycles. The van der Waals surface area contributed by atoms with Crippen molar-refractivity contribution in [1.82, 2.24) is 4.90 Å². The molecule has 3 nitrogen and oxygen atoms in total. The molecule has 1 aromatic rings. The summed E-state index contributed by atoms with van der Waals surface area (Å²) in [6.45, 7) is 3.54. The van der Waals surface area contributed by atoms with E-state index in [4.69, 9.17) is 0 Å². The van der Waals surface area contributed by atoms with E-state index in [-0.39, 0.29) is 5.78 Å². The van der Waals surface area contributed by atoms with E-state index in [1.54, 1.807) is 0 Å². The summed E-state index contributed by atoms with van der Waals surface area (Å²) in [6.07, 6.45) is 0.732. The Labute approximate surface area is 110 Å². The molecule has 1 aromatic carbocycles. The average molecular weight is 298 g/mol. The number of halogens is 1.